The number of rotatable bonds is 5. The van der Waals surface area contributed by atoms with E-state index in [0.717, 1.165) is 36.2 Å². The van der Waals surface area contributed by atoms with E-state index in [9.17, 15) is 13.2 Å². The summed E-state index contributed by atoms with van der Waals surface area (Å²) < 4.78 is 61.5. The van der Waals surface area contributed by atoms with Gasteiger partial charge < -0.3 is 14.5 Å². The van der Waals surface area contributed by atoms with Gasteiger partial charge in [0.05, 0.1) is 29.6 Å². The molecule has 6 rings (SSSR count). The Labute approximate surface area is 219 Å². The highest BCUT2D eigenvalue weighted by atomic mass is 32.1. The zero-order chi connectivity index (χ0) is 26.8. The van der Waals surface area contributed by atoms with Crippen molar-refractivity contribution >= 4 is 32.8 Å². The van der Waals surface area contributed by atoms with Crippen molar-refractivity contribution in [3.8, 4) is 11.3 Å². The quantitative estimate of drug-likeness (QED) is 0.328. The van der Waals surface area contributed by atoms with Crippen molar-refractivity contribution < 1.29 is 22.3 Å². The topological polar surface area (TPSA) is 83.1 Å². The van der Waals surface area contributed by atoms with Gasteiger partial charge in [-0.3, -0.25) is 5.10 Å². The summed E-state index contributed by atoms with van der Waals surface area (Å²) in [6.45, 7) is 2.88. The molecule has 3 aromatic heterocycles. The maximum Gasteiger partial charge on any atom is 0.416 e. The minimum absolute atomic E-state index is 0.0377. The number of alkyl halides is 3. The molecule has 8 nitrogen and oxygen atoms in total. The highest BCUT2D eigenvalue weighted by molar-refractivity contribution is 7.22. The van der Waals surface area contributed by atoms with Gasteiger partial charge in [-0.2, -0.15) is 28.2 Å². The molecule has 1 aliphatic carbocycles. The third-order valence-electron chi connectivity index (χ3n) is 6.72. The van der Waals surface area contributed by atoms with Gasteiger partial charge in [0.15, 0.2) is 10.8 Å². The number of nitrogens with one attached hydrogen (secondary N) is 1. The molecule has 4 aromatic rings. The standard InChI is InChI=1S/C25H25F4N7OS/c1-12-10-36(11-18(37-12)16-9-30-34-19(16)13-4-5-13)23-31-20(21-22(32-23)33-24(38-21)35(2)3)15-7-6-14(8-17(15)26)25(27,28)29/h6-9,12-13,18H,4-5,10-11H2,1-3H3,(H,30,34)/t12-,18-/m1/s1. The molecule has 2 aliphatic rings. The number of hydrogen-bond donors (Lipinski definition) is 1. The van der Waals surface area contributed by atoms with Crippen LogP contribution in [0, 0.1) is 5.82 Å². The van der Waals surface area contributed by atoms with Crippen molar-refractivity contribution in [2.45, 2.75) is 44.1 Å². The van der Waals surface area contributed by atoms with E-state index in [1.807, 2.05) is 32.1 Å². The van der Waals surface area contributed by atoms with E-state index in [-0.39, 0.29) is 23.5 Å². The number of hydrogen-bond acceptors (Lipinski definition) is 8. The number of ether oxygens (including phenoxy) is 1. The fourth-order valence-electron chi connectivity index (χ4n) is 4.74. The van der Waals surface area contributed by atoms with Crippen molar-refractivity contribution in [3.05, 3.63) is 47.0 Å². The lowest BCUT2D eigenvalue weighted by Gasteiger charge is -2.37. The number of aromatic amines is 1. The van der Waals surface area contributed by atoms with E-state index in [2.05, 4.69) is 15.2 Å². The van der Waals surface area contributed by atoms with Gasteiger partial charge in [0.25, 0.3) is 0 Å². The van der Waals surface area contributed by atoms with Gasteiger partial charge in [-0.25, -0.2) is 9.37 Å². The lowest BCUT2D eigenvalue weighted by Crippen LogP contribution is -2.43. The summed E-state index contributed by atoms with van der Waals surface area (Å²) in [5, 5.41) is 8.02. The fraction of sp³-hybridized carbons (Fsp3) is 0.440. The third kappa shape index (κ3) is 4.57. The van der Waals surface area contributed by atoms with Gasteiger partial charge in [0, 0.05) is 43.9 Å². The predicted molar refractivity (Wildman–Crippen MR) is 136 cm³/mol. The second-order valence-corrected chi connectivity index (χ2v) is 10.9. The first-order valence-electron chi connectivity index (χ1n) is 12.3. The SMILES string of the molecule is C[C@@H]1CN(c2nc(-c3ccc(C(F)(F)F)cc3F)c3sc(N(C)C)nc3n2)C[C@H](c2c[nH]nc2C2CC2)O1. The van der Waals surface area contributed by atoms with Crippen LogP contribution in [0.2, 0.25) is 0 Å². The minimum atomic E-state index is -4.65. The van der Waals surface area contributed by atoms with Gasteiger partial charge in [0.1, 0.15) is 16.6 Å². The number of fused-ring (bicyclic) bond motifs is 1. The summed E-state index contributed by atoms with van der Waals surface area (Å²) in [5.41, 5.74) is 1.49. The molecule has 2 fully saturated rings. The van der Waals surface area contributed by atoms with Crippen LogP contribution in [0.25, 0.3) is 21.6 Å². The van der Waals surface area contributed by atoms with Gasteiger partial charge in [-0.05, 0) is 38.0 Å². The molecule has 1 aromatic carbocycles. The first kappa shape index (κ1) is 25.0. The van der Waals surface area contributed by atoms with Crippen LogP contribution in [0.4, 0.5) is 28.6 Å². The van der Waals surface area contributed by atoms with Crippen molar-refractivity contribution in [1.29, 1.82) is 0 Å². The number of thiazole rings is 1. The second-order valence-electron chi connectivity index (χ2n) is 9.95. The molecule has 0 amide bonds. The normalized spacial score (nSPS) is 20.3. The van der Waals surface area contributed by atoms with E-state index in [0.29, 0.717) is 46.5 Å². The van der Waals surface area contributed by atoms with E-state index < -0.39 is 17.6 Å². The Hall–Kier alpha value is -3.32. The molecule has 4 heterocycles. The minimum Gasteiger partial charge on any atom is -0.367 e. The molecular formula is C25H25F4N7OS. The molecular weight excluding hydrogens is 522 g/mol. The van der Waals surface area contributed by atoms with E-state index in [4.69, 9.17) is 14.7 Å². The fourth-order valence-corrected chi connectivity index (χ4v) is 5.67. The summed E-state index contributed by atoms with van der Waals surface area (Å²) in [7, 11) is 3.64. The molecule has 1 N–H and O–H groups in total. The average molecular weight is 548 g/mol. The number of benzene rings is 1. The Morgan fingerprint density at radius 3 is 2.61 bits per heavy atom. The lowest BCUT2D eigenvalue weighted by atomic mass is 10.0. The van der Waals surface area contributed by atoms with Crippen molar-refractivity contribution in [2.75, 3.05) is 37.0 Å². The van der Waals surface area contributed by atoms with Crippen LogP contribution in [-0.2, 0) is 10.9 Å². The molecule has 38 heavy (non-hydrogen) atoms. The summed E-state index contributed by atoms with van der Waals surface area (Å²) in [6, 6.07) is 2.49. The summed E-state index contributed by atoms with van der Waals surface area (Å²) >= 11 is 1.26. The van der Waals surface area contributed by atoms with Crippen LogP contribution in [0.3, 0.4) is 0 Å². The zero-order valence-corrected chi connectivity index (χ0v) is 21.7. The first-order valence-corrected chi connectivity index (χ1v) is 13.1. The summed E-state index contributed by atoms with van der Waals surface area (Å²) in [6.07, 6.45) is -1.02. The zero-order valence-electron chi connectivity index (χ0n) is 20.9. The second kappa shape index (κ2) is 9.16. The Morgan fingerprint density at radius 2 is 1.92 bits per heavy atom. The van der Waals surface area contributed by atoms with Crippen LogP contribution < -0.4 is 9.80 Å². The highest BCUT2D eigenvalue weighted by Crippen LogP contribution is 2.44. The predicted octanol–water partition coefficient (Wildman–Crippen LogP) is 5.54. The Bertz CT molecular complexity index is 1500. The van der Waals surface area contributed by atoms with Gasteiger partial charge in [0.2, 0.25) is 5.95 Å². The molecule has 0 bridgehead atoms. The number of halogens is 4. The van der Waals surface area contributed by atoms with Gasteiger partial charge in [-0.1, -0.05) is 11.3 Å². The van der Waals surface area contributed by atoms with E-state index >= 15 is 4.39 Å². The summed E-state index contributed by atoms with van der Waals surface area (Å²) in [4.78, 5) is 17.8. The average Bonchev–Trinajstić information content (AvgIpc) is 3.41. The first-order chi connectivity index (χ1) is 18.1. The molecule has 0 unspecified atom stereocenters. The van der Waals surface area contributed by atoms with Crippen LogP contribution in [0.1, 0.15) is 48.6 Å². The van der Waals surface area contributed by atoms with Crippen LogP contribution in [0.15, 0.2) is 24.4 Å². The van der Waals surface area contributed by atoms with Crippen molar-refractivity contribution in [1.82, 2.24) is 25.1 Å². The Kier molecular flexibility index (Phi) is 6.02. The van der Waals surface area contributed by atoms with E-state index in [1.54, 1.807) is 4.90 Å². The number of aromatic nitrogens is 5. The number of nitrogens with zero attached hydrogens (tertiary/aromatic N) is 6. The largest absolute Gasteiger partial charge is 0.416 e. The smallest absolute Gasteiger partial charge is 0.367 e. The van der Waals surface area contributed by atoms with Gasteiger partial charge >= 0.3 is 6.18 Å². The molecule has 1 saturated carbocycles. The highest BCUT2D eigenvalue weighted by Gasteiger charge is 2.36. The molecule has 1 aliphatic heterocycles. The Morgan fingerprint density at radius 1 is 1.13 bits per heavy atom. The monoisotopic (exact) mass is 547 g/mol. The summed E-state index contributed by atoms with van der Waals surface area (Å²) in [5.74, 6) is -0.253. The molecule has 13 heteroatoms. The van der Waals surface area contributed by atoms with Crippen molar-refractivity contribution in [3.63, 3.8) is 0 Å². The molecule has 0 spiro atoms. The van der Waals surface area contributed by atoms with E-state index in [1.165, 1.54) is 11.3 Å². The maximum atomic E-state index is 15.1. The number of morpholine rings is 1. The van der Waals surface area contributed by atoms with Crippen LogP contribution in [-0.4, -0.2) is 58.4 Å². The molecule has 1 saturated heterocycles. The van der Waals surface area contributed by atoms with Crippen LogP contribution in [0.5, 0.6) is 0 Å². The number of anilines is 2. The third-order valence-corrected chi connectivity index (χ3v) is 7.94. The number of H-pyrrole nitrogens is 1. The van der Waals surface area contributed by atoms with Crippen LogP contribution >= 0.6 is 11.3 Å². The lowest BCUT2D eigenvalue weighted by molar-refractivity contribution is -0.137. The Balaban J connectivity index is 1.43. The molecule has 2 atom stereocenters. The molecule has 0 radical (unpaired) electrons. The maximum absolute atomic E-state index is 15.1. The molecule has 200 valence electrons. The van der Waals surface area contributed by atoms with Gasteiger partial charge in [-0.15, -0.1) is 0 Å². The van der Waals surface area contributed by atoms with Crippen molar-refractivity contribution in [2.24, 2.45) is 0 Å².